The van der Waals surface area contributed by atoms with Crippen LogP contribution in [0.1, 0.15) is 20.3 Å². The number of aliphatic carboxylic acids is 1. The van der Waals surface area contributed by atoms with Crippen molar-refractivity contribution in [2.45, 2.75) is 20.3 Å². The number of carboxylic acids is 1. The van der Waals surface area contributed by atoms with E-state index in [1.54, 1.807) is 18.7 Å². The van der Waals surface area contributed by atoms with Crippen LogP contribution >= 0.6 is 23.5 Å². The molecule has 19 heavy (non-hydrogen) atoms. The van der Waals surface area contributed by atoms with E-state index in [4.69, 9.17) is 5.11 Å². The first-order valence-corrected chi connectivity index (χ1v) is 8.39. The second-order valence-corrected chi connectivity index (χ2v) is 6.39. The molecule has 0 aromatic carbocycles. The smallest absolute Gasteiger partial charge is 0.323 e. The summed E-state index contributed by atoms with van der Waals surface area (Å²) in [7, 11) is 0. The highest BCUT2D eigenvalue weighted by Gasteiger charge is 2.22. The predicted octanol–water partition coefficient (Wildman–Crippen LogP) is 1.57. The maximum absolute atomic E-state index is 12.1. The Morgan fingerprint density at radius 1 is 1.32 bits per heavy atom. The van der Waals surface area contributed by atoms with Crippen molar-refractivity contribution in [2.24, 2.45) is 5.92 Å². The monoisotopic (exact) mass is 307 g/mol. The first kappa shape index (κ1) is 18.3. The molecule has 0 heterocycles. The highest BCUT2D eigenvalue weighted by Crippen LogP contribution is 2.12. The number of nitrogens with zero attached hydrogens (tertiary/aromatic N) is 1. The fourth-order valence-corrected chi connectivity index (χ4v) is 2.50. The van der Waals surface area contributed by atoms with Gasteiger partial charge in [0.2, 0.25) is 5.91 Å². The zero-order valence-electron chi connectivity index (χ0n) is 11.5. The normalized spacial score (nSPS) is 11.9. The van der Waals surface area contributed by atoms with Gasteiger partial charge in [0.25, 0.3) is 0 Å². The van der Waals surface area contributed by atoms with Crippen molar-refractivity contribution in [3.8, 4) is 0 Å². The number of carboxylic acid groups (broad SMARTS) is 1. The minimum Gasteiger partial charge on any atom is -0.480 e. The summed E-state index contributed by atoms with van der Waals surface area (Å²) in [6.45, 7) is 3.35. The van der Waals surface area contributed by atoms with Gasteiger partial charge < -0.3 is 10.0 Å². The summed E-state index contributed by atoms with van der Waals surface area (Å²) in [5.41, 5.74) is 0. The van der Waals surface area contributed by atoms with Crippen molar-refractivity contribution >= 4 is 40.5 Å². The van der Waals surface area contributed by atoms with E-state index in [1.807, 2.05) is 6.26 Å². The lowest BCUT2D eigenvalue weighted by Crippen LogP contribution is -2.40. The minimum absolute atomic E-state index is 0.0354. The number of hydrogen-bond donors (Lipinski definition) is 1. The molecule has 0 aliphatic carbocycles. The molecule has 0 radical (unpaired) electrons. The van der Waals surface area contributed by atoms with Crippen molar-refractivity contribution in [1.29, 1.82) is 0 Å². The van der Waals surface area contributed by atoms with Gasteiger partial charge in [0.15, 0.2) is 5.12 Å². The topological polar surface area (TPSA) is 74.7 Å². The highest BCUT2D eigenvalue weighted by molar-refractivity contribution is 8.13. The van der Waals surface area contributed by atoms with Crippen LogP contribution in [0.4, 0.5) is 0 Å². The Bertz CT molecular complexity index is 323. The Kier molecular flexibility index (Phi) is 9.77. The van der Waals surface area contributed by atoms with E-state index in [0.717, 1.165) is 23.9 Å². The number of rotatable bonds is 9. The number of carbonyl (C=O) groups excluding carboxylic acids is 2. The van der Waals surface area contributed by atoms with E-state index in [2.05, 4.69) is 0 Å². The van der Waals surface area contributed by atoms with Crippen LogP contribution in [0, 0.1) is 5.92 Å². The van der Waals surface area contributed by atoms with Gasteiger partial charge in [-0.3, -0.25) is 14.4 Å². The predicted molar refractivity (Wildman–Crippen MR) is 79.5 cm³/mol. The average Bonchev–Trinajstić information content (AvgIpc) is 2.33. The zero-order valence-corrected chi connectivity index (χ0v) is 13.2. The molecule has 7 heteroatoms. The third-order valence-corrected chi connectivity index (χ3v) is 4.14. The molecule has 0 aromatic rings. The second-order valence-electron chi connectivity index (χ2n) is 4.20. The van der Waals surface area contributed by atoms with Crippen LogP contribution in [-0.4, -0.2) is 57.8 Å². The van der Waals surface area contributed by atoms with Gasteiger partial charge in [-0.15, -0.1) is 0 Å². The molecule has 1 N–H and O–H groups in total. The number of carbonyl (C=O) groups is 3. The molecule has 110 valence electrons. The molecule has 0 aliphatic rings. The molecule has 1 atom stereocenters. The fourth-order valence-electron chi connectivity index (χ4n) is 1.46. The second kappa shape index (κ2) is 10.1. The summed E-state index contributed by atoms with van der Waals surface area (Å²) in [6.07, 6.45) is 2.74. The molecule has 0 rings (SSSR count). The Morgan fingerprint density at radius 2 is 1.95 bits per heavy atom. The van der Waals surface area contributed by atoms with Crippen LogP contribution in [-0.2, 0) is 14.4 Å². The Hall–Kier alpha value is -0.690. The molecule has 0 spiro atoms. The maximum Gasteiger partial charge on any atom is 0.323 e. The molecule has 0 fully saturated rings. The van der Waals surface area contributed by atoms with Crippen LogP contribution in [0.3, 0.4) is 0 Å². The third-order valence-electron chi connectivity index (χ3n) is 2.37. The SMILES string of the molecule is CSCCCN(CC(=O)O)C(=O)C(C)CSC(C)=O. The van der Waals surface area contributed by atoms with Crippen molar-refractivity contribution in [3.05, 3.63) is 0 Å². The van der Waals surface area contributed by atoms with Gasteiger partial charge in [-0.1, -0.05) is 18.7 Å². The average molecular weight is 307 g/mol. The van der Waals surface area contributed by atoms with Gasteiger partial charge in [0.1, 0.15) is 6.54 Å². The Morgan fingerprint density at radius 3 is 2.42 bits per heavy atom. The molecule has 0 bridgehead atoms. The maximum atomic E-state index is 12.1. The third kappa shape index (κ3) is 8.93. The summed E-state index contributed by atoms with van der Waals surface area (Å²) in [4.78, 5) is 35.1. The lowest BCUT2D eigenvalue weighted by Gasteiger charge is -2.23. The van der Waals surface area contributed by atoms with Crippen molar-refractivity contribution in [1.82, 2.24) is 4.90 Å². The highest BCUT2D eigenvalue weighted by atomic mass is 32.2. The van der Waals surface area contributed by atoms with E-state index >= 15 is 0 Å². The summed E-state index contributed by atoms with van der Waals surface area (Å²) in [5.74, 6) is -0.268. The summed E-state index contributed by atoms with van der Waals surface area (Å²) < 4.78 is 0. The first-order valence-electron chi connectivity index (χ1n) is 6.01. The van der Waals surface area contributed by atoms with Crippen LogP contribution in [0.25, 0.3) is 0 Å². The van der Waals surface area contributed by atoms with E-state index in [9.17, 15) is 14.4 Å². The Balaban J connectivity index is 4.41. The van der Waals surface area contributed by atoms with E-state index in [-0.39, 0.29) is 23.5 Å². The van der Waals surface area contributed by atoms with Crippen molar-refractivity contribution in [2.75, 3.05) is 30.9 Å². The molecular formula is C12H21NO4S2. The number of hydrogen-bond acceptors (Lipinski definition) is 5. The van der Waals surface area contributed by atoms with Crippen molar-refractivity contribution < 1.29 is 19.5 Å². The largest absolute Gasteiger partial charge is 0.480 e. The lowest BCUT2D eigenvalue weighted by atomic mass is 10.2. The molecule has 0 saturated heterocycles. The molecule has 0 aliphatic heterocycles. The van der Waals surface area contributed by atoms with Crippen LogP contribution < -0.4 is 0 Å². The van der Waals surface area contributed by atoms with Gasteiger partial charge >= 0.3 is 5.97 Å². The standard InChI is InChI=1S/C12H21NO4S2/c1-9(8-19-10(2)14)12(17)13(7-11(15)16)5-4-6-18-3/h9H,4-8H2,1-3H3,(H,15,16). The van der Waals surface area contributed by atoms with Crippen LogP contribution in [0.5, 0.6) is 0 Å². The first-order chi connectivity index (χ1) is 8.88. The number of amides is 1. The van der Waals surface area contributed by atoms with Crippen LogP contribution in [0.2, 0.25) is 0 Å². The van der Waals surface area contributed by atoms with Gasteiger partial charge in [0, 0.05) is 25.1 Å². The fraction of sp³-hybridized carbons (Fsp3) is 0.750. The van der Waals surface area contributed by atoms with E-state index < -0.39 is 5.97 Å². The van der Waals surface area contributed by atoms with Gasteiger partial charge in [-0.25, -0.2) is 0 Å². The van der Waals surface area contributed by atoms with Gasteiger partial charge in [0.05, 0.1) is 0 Å². The summed E-state index contributed by atoms with van der Waals surface area (Å²) in [5, 5.41) is 8.80. The van der Waals surface area contributed by atoms with Gasteiger partial charge in [-0.05, 0) is 18.4 Å². The molecule has 1 unspecified atom stereocenters. The molecule has 5 nitrogen and oxygen atoms in total. The minimum atomic E-state index is -1.01. The summed E-state index contributed by atoms with van der Waals surface area (Å²) >= 11 is 2.76. The summed E-state index contributed by atoms with van der Waals surface area (Å²) in [6, 6.07) is 0. The van der Waals surface area contributed by atoms with E-state index in [0.29, 0.717) is 12.3 Å². The molecule has 1 amide bonds. The molecular weight excluding hydrogens is 286 g/mol. The number of thioether (sulfide) groups is 2. The lowest BCUT2D eigenvalue weighted by molar-refractivity contribution is -0.145. The van der Waals surface area contributed by atoms with Crippen molar-refractivity contribution in [3.63, 3.8) is 0 Å². The molecule has 0 aromatic heterocycles. The van der Waals surface area contributed by atoms with Crippen LogP contribution in [0.15, 0.2) is 0 Å². The molecule has 0 saturated carbocycles. The zero-order chi connectivity index (χ0) is 14.8. The Labute approximate surface area is 122 Å². The van der Waals surface area contributed by atoms with E-state index in [1.165, 1.54) is 11.8 Å². The quantitative estimate of drug-likeness (QED) is 0.652. The van der Waals surface area contributed by atoms with Gasteiger partial charge in [-0.2, -0.15) is 11.8 Å².